The number of H-pyrrole nitrogens is 2. The van der Waals surface area contributed by atoms with Crippen LogP contribution in [0.2, 0.25) is 10.0 Å². The smallest absolute Gasteiger partial charge is 0.277 e. The maximum Gasteiger partial charge on any atom is 0.277 e. The first-order valence-electron chi connectivity index (χ1n) is 45.3. The molecule has 1 saturated carbocycles. The molecule has 10 heterocycles. The number of hydrogen-bond acceptors (Lipinski definition) is 22. The fourth-order valence-corrected chi connectivity index (χ4v) is 22.9. The molecule has 4 saturated heterocycles. The number of fused-ring (bicyclic) bond motifs is 6. The van der Waals surface area contributed by atoms with E-state index in [0.717, 1.165) is 193 Å². The van der Waals surface area contributed by atoms with Gasteiger partial charge < -0.3 is 43.6 Å². The normalized spacial score (nSPS) is 21.4. The van der Waals surface area contributed by atoms with E-state index in [0.29, 0.717) is 72.1 Å². The average molecular weight is 1840 g/mol. The molecule has 4 aromatic heterocycles. The van der Waals surface area contributed by atoms with E-state index in [4.69, 9.17) is 42.1 Å². The van der Waals surface area contributed by atoms with Crippen LogP contribution in [0, 0.1) is 48.8 Å². The van der Waals surface area contributed by atoms with Gasteiger partial charge in [-0.25, -0.2) is 36.2 Å². The molecule has 130 heavy (non-hydrogen) atoms. The molecule has 19 rings (SSSR count). The molecule has 9 aliphatic rings. The summed E-state index contributed by atoms with van der Waals surface area (Å²) in [6.07, 6.45) is 20.8. The van der Waals surface area contributed by atoms with Crippen LogP contribution in [0.15, 0.2) is 179 Å². The number of nitro benzene ring substituents is 2. The minimum absolute atomic E-state index is 0.0170. The van der Waals surface area contributed by atoms with Crippen LogP contribution in [-0.4, -0.2) is 195 Å². The summed E-state index contributed by atoms with van der Waals surface area (Å²) in [5, 5.41) is 27.9. The minimum atomic E-state index is -4.62. The lowest BCUT2D eigenvalue weighted by Gasteiger charge is -2.39. The molecular weight excluding hydrogens is 1730 g/mol. The number of pyridine rings is 2. The van der Waals surface area contributed by atoms with Gasteiger partial charge in [0.05, 0.1) is 67.5 Å². The van der Waals surface area contributed by atoms with Crippen LogP contribution in [0.4, 0.5) is 22.7 Å². The number of benzene rings is 6. The first-order chi connectivity index (χ1) is 62.4. The molecule has 10 aromatic rings. The van der Waals surface area contributed by atoms with Gasteiger partial charge in [-0.1, -0.05) is 92.7 Å². The first-order valence-corrected chi connectivity index (χ1v) is 49.0. The highest BCUT2D eigenvalue weighted by Gasteiger charge is 2.42. The standard InChI is InChI=1S/C49H54ClN7O7S.C49H56ClN7O7S/c1-49(2)13-11-35(43(25-49)33-4-6-36(50)7-5-33)29-54-15-17-55(18-16-54)38-9-10-41(46(22-38)64-39-21-34-12-14-51-47(34)52-26-39)48(58)53-65(61,62)40-23-44(57(59)60)42-20-32(30-63-45(42)24-40)28-56-27-31-3-8-37(56)19-31;1-32-6-4-5-17-56(32)29-33-22-42-44(57(59)60)25-40(26-45(42)63-31-33)65(61,62)53-48(58)41-12-11-38(24-46(41)64-39-23-35-14-16-51-47(35)52-28-39)55-20-18-54(19-21-55)30-36-13-15-49(2,3)27-43(36)34-7-9-37(50)10-8-34/h4-7,9-10,12,14,21-24,26,31-32,37H,3,8,11,13,15-20,25,27-30H2,1-2H3,(H,51,52)(H,53,58);7-12,14,16,23-26,28,32-33H,4-6,13,15,17-22,27,29-31H2,1-3H3,(H,51,52)(H,53,58)/t31-,32-,37+;32-,33+/m01/s1. The maximum absolute atomic E-state index is 14.1. The van der Waals surface area contributed by atoms with E-state index in [-0.39, 0.29) is 68.2 Å². The quantitative estimate of drug-likeness (QED) is 0.0322. The second kappa shape index (κ2) is 37.4. The van der Waals surface area contributed by atoms with Gasteiger partial charge >= 0.3 is 0 Å². The number of nitro groups is 2. The molecule has 2 bridgehead atoms. The van der Waals surface area contributed by atoms with Crippen molar-refractivity contribution >= 4 is 111 Å². The minimum Gasteiger partial charge on any atom is -0.493 e. The lowest BCUT2D eigenvalue weighted by atomic mass is 9.72. The summed E-state index contributed by atoms with van der Waals surface area (Å²) in [6.45, 7) is 23.7. The summed E-state index contributed by atoms with van der Waals surface area (Å²) >= 11 is 12.5. The third-order valence-electron chi connectivity index (χ3n) is 27.9. The van der Waals surface area contributed by atoms with Crippen molar-refractivity contribution in [3.8, 4) is 34.5 Å². The predicted molar refractivity (Wildman–Crippen MR) is 503 cm³/mol. The Morgan fingerprint density at radius 3 is 1.43 bits per heavy atom. The van der Waals surface area contributed by atoms with E-state index < -0.39 is 51.5 Å². The molecule has 32 heteroatoms. The summed E-state index contributed by atoms with van der Waals surface area (Å²) in [6, 6.07) is 39.4. The number of sulfonamides is 2. The van der Waals surface area contributed by atoms with Crippen LogP contribution in [0.25, 0.3) is 33.2 Å². The number of amides is 2. The lowest BCUT2D eigenvalue weighted by Crippen LogP contribution is -2.47. The Morgan fingerprint density at radius 1 is 0.554 bits per heavy atom. The zero-order valence-corrected chi connectivity index (χ0v) is 77.0. The third kappa shape index (κ3) is 20.2. The number of aromatic amines is 2. The van der Waals surface area contributed by atoms with E-state index in [1.165, 1.54) is 83.6 Å². The molecule has 6 aromatic carbocycles. The summed E-state index contributed by atoms with van der Waals surface area (Å²) in [5.41, 5.74) is 11.6. The molecule has 2 amide bonds. The monoisotopic (exact) mass is 1840 g/mol. The Hall–Kier alpha value is -11.0. The molecule has 5 fully saturated rings. The Bertz CT molecular complexity index is 5950. The molecule has 0 radical (unpaired) electrons. The summed E-state index contributed by atoms with van der Waals surface area (Å²) in [5.74, 6) is 0.136. The van der Waals surface area contributed by atoms with Gasteiger partial charge in [-0.2, -0.15) is 0 Å². The number of halogens is 2. The second-order valence-electron chi connectivity index (χ2n) is 38.2. The molecule has 6 aliphatic heterocycles. The number of aromatic nitrogens is 4. The highest BCUT2D eigenvalue weighted by Crippen LogP contribution is 2.48. The molecule has 0 spiro atoms. The highest BCUT2D eigenvalue weighted by atomic mass is 35.5. The summed E-state index contributed by atoms with van der Waals surface area (Å²) < 4.78 is 85.0. The topological polar surface area (TPSA) is 326 Å². The zero-order chi connectivity index (χ0) is 90.5. The molecule has 3 aliphatic carbocycles. The van der Waals surface area contributed by atoms with Gasteiger partial charge in [0.1, 0.15) is 45.8 Å². The first kappa shape index (κ1) is 89.6. The third-order valence-corrected chi connectivity index (χ3v) is 31.0. The van der Waals surface area contributed by atoms with Crippen molar-refractivity contribution in [3.63, 3.8) is 0 Å². The van der Waals surface area contributed by atoms with E-state index in [1.807, 2.05) is 36.4 Å². The maximum atomic E-state index is 14.1. The van der Waals surface area contributed by atoms with E-state index >= 15 is 0 Å². The van der Waals surface area contributed by atoms with E-state index in [1.54, 1.807) is 60.9 Å². The number of nitrogens with zero attached hydrogens (tertiary/aromatic N) is 10. The van der Waals surface area contributed by atoms with Crippen molar-refractivity contribution in [2.75, 3.05) is 115 Å². The van der Waals surface area contributed by atoms with E-state index in [9.17, 15) is 46.7 Å². The Balaban J connectivity index is 0.000000175. The fourth-order valence-electron chi connectivity index (χ4n) is 20.6. The van der Waals surface area contributed by atoms with Crippen LogP contribution >= 0.6 is 23.2 Å². The number of anilines is 2. The van der Waals surface area contributed by atoms with Crippen LogP contribution in [0.3, 0.4) is 0 Å². The Labute approximate surface area is 767 Å². The number of hydrogen-bond donors (Lipinski definition) is 4. The largest absolute Gasteiger partial charge is 0.493 e. The van der Waals surface area contributed by atoms with Crippen molar-refractivity contribution in [1.82, 2.24) is 49.0 Å². The number of nitrogens with one attached hydrogen (secondary N) is 4. The zero-order valence-electron chi connectivity index (χ0n) is 73.9. The number of rotatable bonds is 24. The van der Waals surface area contributed by atoms with Gasteiger partial charge in [0, 0.05) is 190 Å². The van der Waals surface area contributed by atoms with Crippen molar-refractivity contribution in [3.05, 3.63) is 233 Å². The average Bonchev–Trinajstić information content (AvgIpc) is 1.07. The SMILES string of the molecule is CC1(C)CCC(CN2CCN(c3ccc(C(=O)NS(=O)(=O)c4cc5c(c([N+](=O)[O-])c4)C[C@@H](CN4C[C@H]6CC[C@@H]4C6)CO5)c(Oc4cnc5[nH]ccc5c4)c3)CC2)=C(c2ccc(Cl)cc2)C1.C[C@@H]1CCCCN1C[C@H]1COc2cc(S(=O)(=O)NC(=O)c3ccc(N4CCN(CC5=C(c6ccc(Cl)cc6)CC(C)(C)CC5)CC4)cc3Oc3cnc4[nH]ccc4c3)cc([N+](=O)[O-])c2C1. The van der Waals surface area contributed by atoms with Gasteiger partial charge in [-0.05, 0) is 209 Å². The summed E-state index contributed by atoms with van der Waals surface area (Å²) in [7, 11) is -9.24. The number of carbonyl (C=O) groups excluding carboxylic acids is 2. The number of likely N-dealkylation sites (tertiary alicyclic amines) is 2. The van der Waals surface area contributed by atoms with Crippen molar-refractivity contribution in [2.45, 2.75) is 146 Å². The van der Waals surface area contributed by atoms with Crippen LogP contribution in [0.1, 0.15) is 155 Å². The number of ether oxygens (including phenoxy) is 4. The molecule has 682 valence electrons. The van der Waals surface area contributed by atoms with Crippen molar-refractivity contribution in [2.24, 2.45) is 28.6 Å². The number of piperidine rings is 2. The fraction of sp³-hybridized carbons (Fsp3) is 0.429. The molecule has 4 N–H and O–H groups in total. The molecule has 28 nitrogen and oxygen atoms in total. The molecular formula is C98H110Cl2N14O14S2. The van der Waals surface area contributed by atoms with Crippen molar-refractivity contribution in [1.29, 1.82) is 0 Å². The number of allylic oxidation sites excluding steroid dienone is 2. The Kier molecular flexibility index (Phi) is 25.8. The molecule has 0 unspecified atom stereocenters. The molecule has 5 atom stereocenters. The van der Waals surface area contributed by atoms with Crippen LogP contribution in [0.5, 0.6) is 34.5 Å². The second-order valence-corrected chi connectivity index (χ2v) is 42.5. The van der Waals surface area contributed by atoms with Gasteiger partial charge in [0.2, 0.25) is 0 Å². The highest BCUT2D eigenvalue weighted by molar-refractivity contribution is 7.90. The Morgan fingerprint density at radius 2 is 1.01 bits per heavy atom. The summed E-state index contributed by atoms with van der Waals surface area (Å²) in [4.78, 5) is 80.3. The predicted octanol–water partition coefficient (Wildman–Crippen LogP) is 18.1. The number of piperazine rings is 2. The van der Waals surface area contributed by atoms with Gasteiger partial charge in [0.25, 0.3) is 43.2 Å². The van der Waals surface area contributed by atoms with Gasteiger partial charge in [-0.3, -0.25) is 44.5 Å². The lowest BCUT2D eigenvalue weighted by molar-refractivity contribution is -0.386. The number of carbonyl (C=O) groups is 2. The van der Waals surface area contributed by atoms with Crippen LogP contribution in [-0.2, 0) is 32.9 Å². The van der Waals surface area contributed by atoms with Gasteiger partial charge in [-0.15, -0.1) is 0 Å². The van der Waals surface area contributed by atoms with Crippen molar-refractivity contribution < 1.29 is 55.2 Å². The van der Waals surface area contributed by atoms with E-state index in [2.05, 4.69) is 118 Å². The van der Waals surface area contributed by atoms with Crippen LogP contribution < -0.4 is 38.2 Å². The van der Waals surface area contributed by atoms with Gasteiger partial charge in [0.15, 0.2) is 0 Å².